The van der Waals surface area contributed by atoms with Crippen molar-refractivity contribution < 1.29 is 49.0 Å². The Morgan fingerprint density at radius 1 is 1.08 bits per heavy atom. The SMILES string of the molecule is CC(=O)O.O=C1NC(=Nc2cc[c-]cc2)SC1=Cc1ccc(-n2cccc2)cc1OCc1ccccc1.[Na+]. The fourth-order valence-corrected chi connectivity index (χ4v) is 4.19. The van der Waals surface area contributed by atoms with Gasteiger partial charge in [-0.3, -0.25) is 14.6 Å². The van der Waals surface area contributed by atoms with E-state index >= 15 is 0 Å². The number of hydrogen-bond donors (Lipinski definition) is 2. The van der Waals surface area contributed by atoms with Crippen LogP contribution in [0.25, 0.3) is 11.8 Å². The maximum Gasteiger partial charge on any atom is 1.00 e. The molecule has 0 atom stereocenters. The van der Waals surface area contributed by atoms with E-state index in [4.69, 9.17) is 14.6 Å². The zero-order valence-electron chi connectivity index (χ0n) is 21.0. The number of nitrogens with one attached hydrogen (secondary N) is 1. The molecule has 1 fully saturated rings. The summed E-state index contributed by atoms with van der Waals surface area (Å²) in [6.45, 7) is 1.52. The number of benzene rings is 3. The molecule has 0 aliphatic carbocycles. The minimum absolute atomic E-state index is 0. The number of nitrogens with zero attached hydrogens (tertiary/aromatic N) is 2. The van der Waals surface area contributed by atoms with Crippen molar-refractivity contribution in [2.45, 2.75) is 13.5 Å². The van der Waals surface area contributed by atoms with Crippen LogP contribution in [-0.2, 0) is 16.2 Å². The Hall–Kier alpha value is -3.56. The van der Waals surface area contributed by atoms with E-state index in [0.717, 1.165) is 29.4 Å². The van der Waals surface area contributed by atoms with Gasteiger partial charge >= 0.3 is 29.6 Å². The van der Waals surface area contributed by atoms with Crippen LogP contribution in [0.4, 0.5) is 5.69 Å². The van der Waals surface area contributed by atoms with Crippen LogP contribution < -0.4 is 39.6 Å². The summed E-state index contributed by atoms with van der Waals surface area (Å²) in [5.41, 5.74) is 3.65. The molecule has 0 unspecified atom stereocenters. The number of aliphatic imine (C=N–C) groups is 1. The first-order valence-corrected chi connectivity index (χ1v) is 12.2. The Morgan fingerprint density at radius 2 is 1.76 bits per heavy atom. The van der Waals surface area contributed by atoms with E-state index < -0.39 is 5.97 Å². The summed E-state index contributed by atoms with van der Waals surface area (Å²) in [4.78, 5) is 26.7. The second-order valence-electron chi connectivity index (χ2n) is 7.85. The van der Waals surface area contributed by atoms with Gasteiger partial charge in [0.1, 0.15) is 12.4 Å². The number of aromatic nitrogens is 1. The summed E-state index contributed by atoms with van der Waals surface area (Å²) >= 11 is 1.31. The van der Waals surface area contributed by atoms with Crippen molar-refractivity contribution in [3.63, 3.8) is 0 Å². The maximum atomic E-state index is 12.6. The molecule has 1 aromatic heterocycles. The number of thioether (sulfide) groups is 1. The minimum Gasteiger partial charge on any atom is -0.488 e. The molecular formula is C29H24N3NaO4S. The third kappa shape index (κ3) is 8.49. The second kappa shape index (κ2) is 14.4. The quantitative estimate of drug-likeness (QED) is 0.226. The fourth-order valence-electron chi connectivity index (χ4n) is 3.36. The van der Waals surface area contributed by atoms with Crippen molar-refractivity contribution in [3.8, 4) is 11.4 Å². The molecule has 0 spiro atoms. The number of amides is 1. The van der Waals surface area contributed by atoms with Gasteiger partial charge in [-0.15, -0.1) is 12.1 Å². The van der Waals surface area contributed by atoms with Crippen molar-refractivity contribution in [2.75, 3.05) is 0 Å². The van der Waals surface area contributed by atoms with E-state index in [9.17, 15) is 4.79 Å². The molecule has 1 saturated heterocycles. The summed E-state index contributed by atoms with van der Waals surface area (Å²) in [7, 11) is 0. The Bertz CT molecular complexity index is 1420. The Balaban J connectivity index is 0.000000749. The molecule has 1 amide bonds. The molecule has 2 heterocycles. The predicted octanol–water partition coefficient (Wildman–Crippen LogP) is 2.84. The predicted molar refractivity (Wildman–Crippen MR) is 146 cm³/mol. The molecule has 5 rings (SSSR count). The molecular weight excluding hydrogens is 509 g/mol. The van der Waals surface area contributed by atoms with E-state index in [0.29, 0.717) is 22.4 Å². The molecule has 1 aliphatic heterocycles. The molecule has 0 radical (unpaired) electrons. The number of carbonyl (C=O) groups excluding carboxylic acids is 1. The van der Waals surface area contributed by atoms with Crippen molar-refractivity contribution in [1.29, 1.82) is 0 Å². The van der Waals surface area contributed by atoms with Gasteiger partial charge in [0, 0.05) is 36.6 Å². The molecule has 0 saturated carbocycles. The van der Waals surface area contributed by atoms with Gasteiger partial charge in [-0.1, -0.05) is 30.3 Å². The number of aliphatic carboxylic acids is 1. The van der Waals surface area contributed by atoms with Gasteiger partial charge in [0.15, 0.2) is 5.17 Å². The van der Waals surface area contributed by atoms with Crippen LogP contribution in [0.1, 0.15) is 18.1 Å². The fraction of sp³-hybridized carbons (Fsp3) is 0.0690. The zero-order valence-corrected chi connectivity index (χ0v) is 23.8. The molecule has 9 heteroatoms. The summed E-state index contributed by atoms with van der Waals surface area (Å²) in [5, 5.41) is 10.8. The van der Waals surface area contributed by atoms with Crippen molar-refractivity contribution in [1.82, 2.24) is 9.88 Å². The first-order valence-electron chi connectivity index (χ1n) is 11.4. The summed E-state index contributed by atoms with van der Waals surface area (Å²) in [6.07, 6.45) is 5.82. The van der Waals surface area contributed by atoms with E-state index in [1.165, 1.54) is 11.8 Å². The number of carboxylic acids is 1. The second-order valence-corrected chi connectivity index (χ2v) is 8.88. The minimum atomic E-state index is -0.833. The monoisotopic (exact) mass is 533 g/mol. The smallest absolute Gasteiger partial charge is 0.488 e. The summed E-state index contributed by atoms with van der Waals surface area (Å²) < 4.78 is 8.22. The van der Waals surface area contributed by atoms with Gasteiger partial charge in [-0.25, -0.2) is 0 Å². The van der Waals surface area contributed by atoms with Crippen LogP contribution in [0.15, 0.2) is 107 Å². The number of ether oxygens (including phenoxy) is 1. The van der Waals surface area contributed by atoms with Crippen molar-refractivity contribution >= 4 is 40.6 Å². The maximum absolute atomic E-state index is 12.6. The van der Waals surface area contributed by atoms with Crippen LogP contribution in [0.5, 0.6) is 5.75 Å². The van der Waals surface area contributed by atoms with E-state index in [1.54, 1.807) is 12.1 Å². The average molecular weight is 534 g/mol. The number of carboxylic acid groups (broad SMARTS) is 1. The molecule has 4 aromatic rings. The van der Waals surface area contributed by atoms with Gasteiger partial charge in [0.25, 0.3) is 11.9 Å². The Morgan fingerprint density at radius 3 is 2.45 bits per heavy atom. The largest absolute Gasteiger partial charge is 1.00 e. The Kier molecular flexibility index (Phi) is 11.0. The molecule has 1 aliphatic rings. The third-order valence-electron chi connectivity index (χ3n) is 5.01. The number of carbonyl (C=O) groups is 2. The number of amidine groups is 1. The summed E-state index contributed by atoms with van der Waals surface area (Å²) in [6, 6.07) is 30.2. The van der Waals surface area contributed by atoms with Gasteiger partial charge in [-0.2, -0.15) is 18.2 Å². The zero-order chi connectivity index (χ0) is 26.0. The number of hydrogen-bond acceptors (Lipinski definition) is 5. The van der Waals surface area contributed by atoms with E-state index in [-0.39, 0.29) is 35.5 Å². The average Bonchev–Trinajstić information content (AvgIpc) is 3.55. The molecule has 0 bridgehead atoms. The van der Waals surface area contributed by atoms with Crippen molar-refractivity contribution in [3.05, 3.63) is 119 Å². The van der Waals surface area contributed by atoms with Gasteiger partial charge < -0.3 is 19.7 Å². The van der Waals surface area contributed by atoms with Gasteiger partial charge in [-0.05, 0) is 53.4 Å². The van der Waals surface area contributed by atoms with Crippen molar-refractivity contribution in [2.24, 2.45) is 4.99 Å². The molecule has 7 nitrogen and oxygen atoms in total. The molecule has 3 aromatic carbocycles. The Labute approximate surface area is 247 Å². The van der Waals surface area contributed by atoms with Gasteiger partial charge in [0.05, 0.1) is 4.91 Å². The third-order valence-corrected chi connectivity index (χ3v) is 5.92. The first kappa shape index (κ1) is 29.0. The number of rotatable bonds is 6. The topological polar surface area (TPSA) is 92.9 Å². The van der Waals surface area contributed by atoms with Crippen LogP contribution in [-0.4, -0.2) is 26.7 Å². The standard InChI is InChI=1S/C27H20N3O2S.C2H4O2.Na/c31-26-25(33-27(29-26)28-22-11-5-2-6-12-22)17-21-13-14-23(30-15-7-8-16-30)18-24(21)32-19-20-9-3-1-4-10-20;1-2(3)4;/h1,3-18H,19H2,(H,28,29,31);1H3,(H,3,4);/q-1;;+1. The van der Waals surface area contributed by atoms with E-state index in [2.05, 4.69) is 16.4 Å². The van der Waals surface area contributed by atoms with Crippen LogP contribution in [0.2, 0.25) is 0 Å². The molecule has 2 N–H and O–H groups in total. The molecule has 186 valence electrons. The normalized spacial score (nSPS) is 14.3. The van der Waals surface area contributed by atoms with Crippen LogP contribution in [0, 0.1) is 6.07 Å². The van der Waals surface area contributed by atoms with Gasteiger partial charge in [0.2, 0.25) is 0 Å². The summed E-state index contributed by atoms with van der Waals surface area (Å²) in [5.74, 6) is -0.306. The molecule has 38 heavy (non-hydrogen) atoms. The van der Waals surface area contributed by atoms with Crippen LogP contribution >= 0.6 is 11.8 Å². The van der Waals surface area contributed by atoms with Crippen LogP contribution in [0.3, 0.4) is 0 Å². The first-order chi connectivity index (χ1) is 18.0. The van der Waals surface area contributed by atoms with E-state index in [1.807, 2.05) is 95.8 Å².